The van der Waals surface area contributed by atoms with Crippen LogP contribution in [0.1, 0.15) is 39.7 Å². The predicted octanol–water partition coefficient (Wildman–Crippen LogP) is 2.90. The lowest BCUT2D eigenvalue weighted by atomic mass is 9.91. The maximum Gasteiger partial charge on any atom is 0.238 e. The number of hydrogen-bond donors (Lipinski definition) is 2. The molecule has 2 atom stereocenters. The lowest BCUT2D eigenvalue weighted by Gasteiger charge is -2.30. The summed E-state index contributed by atoms with van der Waals surface area (Å²) in [7, 11) is 0. The molecule has 0 aromatic heterocycles. The van der Waals surface area contributed by atoms with Crippen molar-refractivity contribution in [3.8, 4) is 0 Å². The van der Waals surface area contributed by atoms with Crippen LogP contribution < -0.4 is 11.1 Å². The summed E-state index contributed by atoms with van der Waals surface area (Å²) < 4.78 is 0. The number of carbonyl (C=O) groups excluding carboxylic acids is 1. The van der Waals surface area contributed by atoms with E-state index in [0.717, 1.165) is 17.9 Å². The molecule has 20 heavy (non-hydrogen) atoms. The second kappa shape index (κ2) is 4.74. The van der Waals surface area contributed by atoms with Crippen LogP contribution in [0.5, 0.6) is 0 Å². The third-order valence-electron chi connectivity index (χ3n) is 4.08. The molecule has 3 N–H and O–H groups in total. The lowest BCUT2D eigenvalue weighted by Crippen LogP contribution is -2.55. The van der Waals surface area contributed by atoms with Gasteiger partial charge in [-0.1, -0.05) is 30.7 Å². The maximum atomic E-state index is 12.0. The van der Waals surface area contributed by atoms with Crippen molar-refractivity contribution in [2.45, 2.75) is 51.6 Å². The van der Waals surface area contributed by atoms with Crippen LogP contribution in [-0.4, -0.2) is 17.0 Å². The minimum absolute atomic E-state index is 0.139. The van der Waals surface area contributed by atoms with Crippen LogP contribution >= 0.6 is 11.6 Å². The van der Waals surface area contributed by atoms with Crippen molar-refractivity contribution in [3.63, 3.8) is 0 Å². The van der Waals surface area contributed by atoms with Crippen molar-refractivity contribution in [1.82, 2.24) is 5.32 Å². The first-order valence-corrected chi connectivity index (χ1v) is 7.30. The van der Waals surface area contributed by atoms with E-state index in [-0.39, 0.29) is 16.9 Å². The Hall–Kier alpha value is -1.06. The van der Waals surface area contributed by atoms with Gasteiger partial charge in [0.25, 0.3) is 0 Å². The molecule has 0 unspecified atom stereocenters. The Balaban J connectivity index is 2.19. The number of carbonyl (C=O) groups is 1. The predicted molar refractivity (Wildman–Crippen MR) is 82.7 cm³/mol. The fourth-order valence-corrected chi connectivity index (χ4v) is 3.21. The molecule has 0 heterocycles. The third kappa shape index (κ3) is 2.84. The summed E-state index contributed by atoms with van der Waals surface area (Å²) in [5, 5.41) is 4.15. The van der Waals surface area contributed by atoms with E-state index in [0.29, 0.717) is 0 Å². The van der Waals surface area contributed by atoms with Gasteiger partial charge in [0.05, 0.1) is 0 Å². The first-order valence-electron chi connectivity index (χ1n) is 6.92. The van der Waals surface area contributed by atoms with E-state index >= 15 is 0 Å². The molecule has 0 spiro atoms. The van der Waals surface area contributed by atoms with Crippen LogP contribution in [0.25, 0.3) is 0 Å². The number of amides is 1. The van der Waals surface area contributed by atoms with Crippen molar-refractivity contribution < 1.29 is 4.79 Å². The minimum Gasteiger partial charge on any atom is -0.368 e. The van der Waals surface area contributed by atoms with Crippen LogP contribution in [0.4, 0.5) is 0 Å². The molecule has 2 rings (SSSR count). The fraction of sp³-hybridized carbons (Fsp3) is 0.562. The van der Waals surface area contributed by atoms with Gasteiger partial charge >= 0.3 is 0 Å². The average Bonchev–Trinajstić information content (AvgIpc) is 2.85. The van der Waals surface area contributed by atoms with E-state index in [1.165, 1.54) is 5.56 Å². The molecule has 0 aliphatic heterocycles. The molecule has 1 aromatic carbocycles. The van der Waals surface area contributed by atoms with Gasteiger partial charge in [-0.2, -0.15) is 0 Å². The summed E-state index contributed by atoms with van der Waals surface area (Å²) in [5.74, 6) is -0.260. The summed E-state index contributed by atoms with van der Waals surface area (Å²) in [6.45, 7) is 8.28. The van der Waals surface area contributed by atoms with Crippen molar-refractivity contribution in [3.05, 3.63) is 34.9 Å². The average molecular weight is 295 g/mol. The minimum atomic E-state index is -0.606. The molecule has 1 aliphatic carbocycles. The summed E-state index contributed by atoms with van der Waals surface area (Å²) in [5.41, 5.74) is 5.96. The molecule has 0 bridgehead atoms. The number of rotatable bonds is 4. The van der Waals surface area contributed by atoms with Crippen LogP contribution in [0.2, 0.25) is 5.02 Å². The maximum absolute atomic E-state index is 12.0. The van der Waals surface area contributed by atoms with E-state index in [9.17, 15) is 4.79 Å². The normalized spacial score (nSPS) is 29.2. The molecule has 1 fully saturated rings. The standard InChI is InChI=1S/C16H23ClN2O/c1-14(2,3)19-16(13(18)20)10-15(16,4)9-11-5-7-12(17)8-6-11/h5-8,19H,9-10H2,1-4H3,(H2,18,20)/t15-,16+/m0/s1. The number of halogens is 1. The van der Waals surface area contributed by atoms with Gasteiger partial charge < -0.3 is 5.73 Å². The highest BCUT2D eigenvalue weighted by atomic mass is 35.5. The highest BCUT2D eigenvalue weighted by molar-refractivity contribution is 6.30. The van der Waals surface area contributed by atoms with E-state index in [1.54, 1.807) is 0 Å². The monoisotopic (exact) mass is 294 g/mol. The third-order valence-corrected chi connectivity index (χ3v) is 4.33. The summed E-state index contributed by atoms with van der Waals surface area (Å²) >= 11 is 5.91. The van der Waals surface area contributed by atoms with Gasteiger partial charge in [-0.3, -0.25) is 10.1 Å². The second-order valence-electron chi connectivity index (χ2n) is 7.19. The zero-order chi connectivity index (χ0) is 15.2. The number of nitrogens with one attached hydrogen (secondary N) is 1. The fourth-order valence-electron chi connectivity index (χ4n) is 3.09. The van der Waals surface area contributed by atoms with Crippen LogP contribution in [0, 0.1) is 5.41 Å². The van der Waals surface area contributed by atoms with Crippen LogP contribution in [0.15, 0.2) is 24.3 Å². The molecule has 1 aromatic rings. The van der Waals surface area contributed by atoms with Gasteiger partial charge in [-0.05, 0) is 51.3 Å². The topological polar surface area (TPSA) is 55.1 Å². The summed E-state index contributed by atoms with van der Waals surface area (Å²) in [6, 6.07) is 7.78. The van der Waals surface area contributed by atoms with Crippen LogP contribution in [-0.2, 0) is 11.2 Å². The van der Waals surface area contributed by atoms with E-state index in [1.807, 2.05) is 24.3 Å². The lowest BCUT2D eigenvalue weighted by molar-refractivity contribution is -0.122. The number of primary amides is 1. The SMILES string of the molecule is CC(C)(C)N[C@@]1(C(N)=O)C[C@]1(C)Cc1ccc(Cl)cc1. The summed E-state index contributed by atoms with van der Waals surface area (Å²) in [4.78, 5) is 12.0. The molecular formula is C16H23ClN2O. The van der Waals surface area contributed by atoms with Crippen molar-refractivity contribution >= 4 is 17.5 Å². The molecule has 1 saturated carbocycles. The Bertz CT molecular complexity index is 520. The van der Waals surface area contributed by atoms with Gasteiger partial charge in [0.1, 0.15) is 5.54 Å². The van der Waals surface area contributed by atoms with Gasteiger partial charge in [0, 0.05) is 16.0 Å². The van der Waals surface area contributed by atoms with Crippen molar-refractivity contribution in [1.29, 1.82) is 0 Å². The van der Waals surface area contributed by atoms with E-state index < -0.39 is 5.54 Å². The quantitative estimate of drug-likeness (QED) is 0.897. The highest BCUT2D eigenvalue weighted by Crippen LogP contribution is 2.58. The molecule has 0 radical (unpaired) electrons. The number of nitrogens with two attached hydrogens (primary N) is 1. The van der Waals surface area contributed by atoms with Gasteiger partial charge in [-0.15, -0.1) is 0 Å². The molecular weight excluding hydrogens is 272 g/mol. The largest absolute Gasteiger partial charge is 0.368 e. The number of hydrogen-bond acceptors (Lipinski definition) is 2. The second-order valence-corrected chi connectivity index (χ2v) is 7.62. The smallest absolute Gasteiger partial charge is 0.238 e. The highest BCUT2D eigenvalue weighted by Gasteiger charge is 2.68. The molecule has 110 valence electrons. The molecule has 3 nitrogen and oxygen atoms in total. The summed E-state index contributed by atoms with van der Waals surface area (Å²) in [6.07, 6.45) is 1.59. The van der Waals surface area contributed by atoms with E-state index in [4.69, 9.17) is 17.3 Å². The van der Waals surface area contributed by atoms with Crippen molar-refractivity contribution in [2.24, 2.45) is 11.1 Å². The van der Waals surface area contributed by atoms with Crippen molar-refractivity contribution in [2.75, 3.05) is 0 Å². The zero-order valence-electron chi connectivity index (χ0n) is 12.6. The Morgan fingerprint density at radius 3 is 2.35 bits per heavy atom. The molecule has 4 heteroatoms. The van der Waals surface area contributed by atoms with Gasteiger partial charge in [-0.25, -0.2) is 0 Å². The number of benzene rings is 1. The molecule has 0 saturated heterocycles. The molecule has 1 amide bonds. The van der Waals surface area contributed by atoms with E-state index in [2.05, 4.69) is 33.0 Å². The zero-order valence-corrected chi connectivity index (χ0v) is 13.3. The first kappa shape index (κ1) is 15.3. The Morgan fingerprint density at radius 2 is 1.90 bits per heavy atom. The Morgan fingerprint density at radius 1 is 1.35 bits per heavy atom. The van der Waals surface area contributed by atoms with Gasteiger partial charge in [0.15, 0.2) is 0 Å². The Labute approximate surface area is 125 Å². The molecule has 1 aliphatic rings. The van der Waals surface area contributed by atoms with Crippen LogP contribution in [0.3, 0.4) is 0 Å². The Kier molecular flexibility index (Phi) is 3.64. The first-order chi connectivity index (χ1) is 9.08. The van der Waals surface area contributed by atoms with Gasteiger partial charge in [0.2, 0.25) is 5.91 Å².